The van der Waals surface area contributed by atoms with Crippen molar-refractivity contribution in [3.05, 3.63) is 34.5 Å². The summed E-state index contributed by atoms with van der Waals surface area (Å²) in [4.78, 5) is 1.47. The van der Waals surface area contributed by atoms with Crippen molar-refractivity contribution in [1.29, 1.82) is 0 Å². The quantitative estimate of drug-likeness (QED) is 0.528. The van der Waals surface area contributed by atoms with E-state index in [2.05, 4.69) is 35.0 Å². The van der Waals surface area contributed by atoms with Gasteiger partial charge in [0.15, 0.2) is 0 Å². The normalized spacial score (nSPS) is 11.3. The lowest BCUT2D eigenvalue weighted by atomic mass is 10.2. The molecule has 0 aliphatic heterocycles. The van der Waals surface area contributed by atoms with Gasteiger partial charge in [-0.05, 0) is 37.3 Å². The molecule has 1 rings (SSSR count). The highest BCUT2D eigenvalue weighted by molar-refractivity contribution is 7.09. The second-order valence-corrected chi connectivity index (χ2v) is 4.65. The number of nitrogens with one attached hydrogen (secondary N) is 1. The predicted octanol–water partition coefficient (Wildman–Crippen LogP) is 2.86. The summed E-state index contributed by atoms with van der Waals surface area (Å²) < 4.78 is 4.95. The number of methoxy groups -OCH3 is 1. The molecule has 16 heavy (non-hydrogen) atoms. The summed E-state index contributed by atoms with van der Waals surface area (Å²) in [6.07, 6.45) is 7.96. The minimum Gasteiger partial charge on any atom is -0.383 e. The third kappa shape index (κ3) is 6.77. The van der Waals surface area contributed by atoms with Gasteiger partial charge < -0.3 is 10.1 Å². The Hall–Kier alpha value is -0.640. The van der Waals surface area contributed by atoms with Crippen LogP contribution in [0.4, 0.5) is 0 Å². The van der Waals surface area contributed by atoms with Gasteiger partial charge in [-0.3, -0.25) is 0 Å². The van der Waals surface area contributed by atoms with Crippen molar-refractivity contribution >= 4 is 11.3 Å². The van der Waals surface area contributed by atoms with Crippen LogP contribution in [0.15, 0.2) is 29.7 Å². The van der Waals surface area contributed by atoms with E-state index < -0.39 is 0 Å². The first-order chi connectivity index (χ1) is 7.93. The van der Waals surface area contributed by atoms with Crippen LogP contribution in [-0.2, 0) is 11.2 Å². The van der Waals surface area contributed by atoms with Crippen LogP contribution in [-0.4, -0.2) is 26.8 Å². The Morgan fingerprint density at radius 1 is 1.31 bits per heavy atom. The molecule has 0 amide bonds. The lowest BCUT2D eigenvalue weighted by Crippen LogP contribution is -2.19. The third-order valence-electron chi connectivity index (χ3n) is 2.27. The SMILES string of the molecule is COCCNCCC=CCCc1cccs1. The Labute approximate surface area is 102 Å². The maximum Gasteiger partial charge on any atom is 0.0587 e. The molecular weight excluding hydrogens is 218 g/mol. The molecular formula is C13H21NOS. The van der Waals surface area contributed by atoms with E-state index in [1.807, 2.05) is 11.3 Å². The summed E-state index contributed by atoms with van der Waals surface area (Å²) in [5.74, 6) is 0. The van der Waals surface area contributed by atoms with Crippen LogP contribution in [0.5, 0.6) is 0 Å². The Kier molecular flexibility index (Phi) is 8.04. The summed E-state index contributed by atoms with van der Waals surface area (Å²) in [6.45, 7) is 2.78. The Bertz CT molecular complexity index is 269. The average Bonchev–Trinajstić information content (AvgIpc) is 2.80. The first-order valence-electron chi connectivity index (χ1n) is 5.80. The zero-order chi connectivity index (χ0) is 11.5. The number of allylic oxidation sites excluding steroid dienone is 1. The molecule has 1 aromatic heterocycles. The lowest BCUT2D eigenvalue weighted by molar-refractivity contribution is 0.199. The van der Waals surface area contributed by atoms with Gasteiger partial charge in [0.05, 0.1) is 6.61 Å². The van der Waals surface area contributed by atoms with E-state index in [1.54, 1.807) is 7.11 Å². The predicted molar refractivity (Wildman–Crippen MR) is 71.1 cm³/mol. The molecule has 0 aromatic carbocycles. The molecule has 1 N–H and O–H groups in total. The van der Waals surface area contributed by atoms with Gasteiger partial charge in [0.25, 0.3) is 0 Å². The molecule has 0 radical (unpaired) electrons. The molecule has 0 saturated carbocycles. The van der Waals surface area contributed by atoms with Crippen LogP contribution in [0, 0.1) is 0 Å². The van der Waals surface area contributed by atoms with Crippen molar-refractivity contribution in [3.63, 3.8) is 0 Å². The van der Waals surface area contributed by atoms with Gasteiger partial charge >= 0.3 is 0 Å². The number of rotatable bonds is 9. The second-order valence-electron chi connectivity index (χ2n) is 3.62. The molecule has 0 aliphatic rings. The zero-order valence-corrected chi connectivity index (χ0v) is 10.8. The number of aryl methyl sites for hydroxylation is 1. The van der Waals surface area contributed by atoms with Crippen molar-refractivity contribution < 1.29 is 4.74 Å². The molecule has 1 aromatic rings. The summed E-state index contributed by atoms with van der Waals surface area (Å²) in [7, 11) is 1.73. The summed E-state index contributed by atoms with van der Waals surface area (Å²) >= 11 is 1.84. The first-order valence-corrected chi connectivity index (χ1v) is 6.68. The van der Waals surface area contributed by atoms with Crippen LogP contribution >= 0.6 is 11.3 Å². The molecule has 0 atom stereocenters. The largest absolute Gasteiger partial charge is 0.383 e. The van der Waals surface area contributed by atoms with Crippen LogP contribution in [0.3, 0.4) is 0 Å². The van der Waals surface area contributed by atoms with E-state index in [-0.39, 0.29) is 0 Å². The van der Waals surface area contributed by atoms with Crippen LogP contribution in [0.2, 0.25) is 0 Å². The highest BCUT2D eigenvalue weighted by Gasteiger charge is 1.90. The van der Waals surface area contributed by atoms with Crippen LogP contribution in [0.1, 0.15) is 17.7 Å². The maximum atomic E-state index is 4.95. The third-order valence-corrected chi connectivity index (χ3v) is 3.21. The molecule has 1 heterocycles. The van der Waals surface area contributed by atoms with E-state index in [9.17, 15) is 0 Å². The Balaban J connectivity index is 1.89. The van der Waals surface area contributed by atoms with E-state index in [4.69, 9.17) is 4.74 Å². The number of ether oxygens (including phenoxy) is 1. The molecule has 0 spiro atoms. The van der Waals surface area contributed by atoms with E-state index in [0.717, 1.165) is 32.5 Å². The monoisotopic (exact) mass is 239 g/mol. The highest BCUT2D eigenvalue weighted by atomic mass is 32.1. The number of hydrogen-bond acceptors (Lipinski definition) is 3. The van der Waals surface area contributed by atoms with Gasteiger partial charge in [-0.25, -0.2) is 0 Å². The minimum atomic E-state index is 0.794. The smallest absolute Gasteiger partial charge is 0.0587 e. The fourth-order valence-electron chi connectivity index (χ4n) is 1.40. The van der Waals surface area contributed by atoms with Crippen molar-refractivity contribution in [1.82, 2.24) is 5.32 Å². The molecule has 0 bridgehead atoms. The number of thiophene rings is 1. The second kappa shape index (κ2) is 9.58. The summed E-state index contributed by atoms with van der Waals surface area (Å²) in [5.41, 5.74) is 0. The van der Waals surface area contributed by atoms with Gasteiger partial charge in [0.2, 0.25) is 0 Å². The highest BCUT2D eigenvalue weighted by Crippen LogP contribution is 2.10. The van der Waals surface area contributed by atoms with Gasteiger partial charge in [-0.15, -0.1) is 11.3 Å². The molecule has 0 aliphatic carbocycles. The van der Waals surface area contributed by atoms with Crippen molar-refractivity contribution in [2.75, 3.05) is 26.8 Å². The molecule has 0 fully saturated rings. The van der Waals surface area contributed by atoms with Crippen molar-refractivity contribution in [2.45, 2.75) is 19.3 Å². The summed E-state index contributed by atoms with van der Waals surface area (Å²) in [5, 5.41) is 5.45. The number of hydrogen-bond donors (Lipinski definition) is 1. The van der Waals surface area contributed by atoms with Crippen molar-refractivity contribution in [2.24, 2.45) is 0 Å². The Morgan fingerprint density at radius 3 is 2.94 bits per heavy atom. The first kappa shape index (κ1) is 13.4. The van der Waals surface area contributed by atoms with E-state index >= 15 is 0 Å². The molecule has 2 nitrogen and oxygen atoms in total. The van der Waals surface area contributed by atoms with Crippen molar-refractivity contribution in [3.8, 4) is 0 Å². The average molecular weight is 239 g/mol. The van der Waals surface area contributed by atoms with Gasteiger partial charge in [0.1, 0.15) is 0 Å². The van der Waals surface area contributed by atoms with E-state index in [1.165, 1.54) is 11.3 Å². The lowest BCUT2D eigenvalue weighted by Gasteiger charge is -2.00. The molecule has 0 unspecified atom stereocenters. The topological polar surface area (TPSA) is 21.3 Å². The van der Waals surface area contributed by atoms with Crippen LogP contribution < -0.4 is 5.32 Å². The zero-order valence-electron chi connectivity index (χ0n) is 9.95. The Morgan fingerprint density at radius 2 is 2.19 bits per heavy atom. The van der Waals surface area contributed by atoms with Gasteiger partial charge in [-0.1, -0.05) is 18.2 Å². The fourth-order valence-corrected chi connectivity index (χ4v) is 2.13. The maximum absolute atomic E-state index is 4.95. The minimum absolute atomic E-state index is 0.794. The molecule has 0 saturated heterocycles. The fraction of sp³-hybridized carbons (Fsp3) is 0.538. The summed E-state index contributed by atoms with van der Waals surface area (Å²) in [6, 6.07) is 4.31. The van der Waals surface area contributed by atoms with Crippen LogP contribution in [0.25, 0.3) is 0 Å². The van der Waals surface area contributed by atoms with E-state index in [0.29, 0.717) is 0 Å². The standard InChI is InChI=1S/C13H21NOS/c1-15-11-10-14-9-5-3-2-4-7-13-8-6-12-16-13/h2-3,6,8,12,14H,4-5,7,9-11H2,1H3. The van der Waals surface area contributed by atoms with Gasteiger partial charge in [-0.2, -0.15) is 0 Å². The molecule has 3 heteroatoms. The van der Waals surface area contributed by atoms with Gasteiger partial charge in [0, 0.05) is 18.5 Å². The molecule has 90 valence electrons.